The molecule has 0 radical (unpaired) electrons. The largest absolute Gasteiger partial charge is 0.481 e. The average Bonchev–Trinajstić information content (AvgIpc) is 2.39. The molecule has 0 aromatic rings. The first-order chi connectivity index (χ1) is 9.06. The van der Waals surface area contributed by atoms with E-state index in [-0.39, 0.29) is 12.0 Å². The third kappa shape index (κ3) is 3.11. The zero-order valence-electron chi connectivity index (χ0n) is 12.2. The zero-order chi connectivity index (χ0) is 13.9. The summed E-state index contributed by atoms with van der Waals surface area (Å²) in [5.41, 5.74) is -0.137. The summed E-state index contributed by atoms with van der Waals surface area (Å²) in [7, 11) is 0. The molecule has 2 unspecified atom stereocenters. The second-order valence-electron chi connectivity index (χ2n) is 6.37. The van der Waals surface area contributed by atoms with Gasteiger partial charge in [0.2, 0.25) is 0 Å². The summed E-state index contributed by atoms with van der Waals surface area (Å²) in [6.07, 6.45) is 4.89. The molecule has 2 aliphatic rings. The van der Waals surface area contributed by atoms with Crippen molar-refractivity contribution < 1.29 is 14.6 Å². The summed E-state index contributed by atoms with van der Waals surface area (Å²) in [4.78, 5) is 13.9. The first kappa shape index (κ1) is 14.8. The zero-order valence-corrected chi connectivity index (χ0v) is 12.2. The lowest BCUT2D eigenvalue weighted by atomic mass is 9.65. The highest BCUT2D eigenvalue weighted by Crippen LogP contribution is 2.45. The Morgan fingerprint density at radius 3 is 2.63 bits per heavy atom. The van der Waals surface area contributed by atoms with E-state index in [1.807, 2.05) is 0 Å². The average molecular weight is 269 g/mol. The van der Waals surface area contributed by atoms with Gasteiger partial charge in [0.05, 0.1) is 19.6 Å². The van der Waals surface area contributed by atoms with E-state index < -0.39 is 5.97 Å². The molecule has 0 amide bonds. The number of carbonyl (C=O) groups is 1. The molecule has 0 bridgehead atoms. The van der Waals surface area contributed by atoms with E-state index >= 15 is 0 Å². The predicted molar refractivity (Wildman–Crippen MR) is 74.2 cm³/mol. The molecule has 1 saturated heterocycles. The molecule has 1 aliphatic heterocycles. The van der Waals surface area contributed by atoms with Crippen LogP contribution in [0.4, 0.5) is 0 Å². The molecule has 1 N–H and O–H groups in total. The molecule has 4 nitrogen and oxygen atoms in total. The van der Waals surface area contributed by atoms with Gasteiger partial charge in [-0.2, -0.15) is 0 Å². The van der Waals surface area contributed by atoms with Crippen LogP contribution in [-0.2, 0) is 9.53 Å². The highest BCUT2D eigenvalue weighted by Gasteiger charge is 2.47. The number of rotatable bonds is 4. The Hall–Kier alpha value is -0.610. The van der Waals surface area contributed by atoms with Crippen LogP contribution in [-0.4, -0.2) is 47.8 Å². The normalized spacial score (nSPS) is 33.5. The van der Waals surface area contributed by atoms with Gasteiger partial charge in [-0.15, -0.1) is 0 Å². The van der Waals surface area contributed by atoms with Gasteiger partial charge in [0, 0.05) is 18.6 Å². The lowest BCUT2D eigenvalue weighted by Crippen LogP contribution is -2.60. The minimum atomic E-state index is -0.654. The van der Waals surface area contributed by atoms with E-state index in [1.54, 1.807) is 0 Å². The van der Waals surface area contributed by atoms with Crippen LogP contribution in [0.3, 0.4) is 0 Å². The fraction of sp³-hybridized carbons (Fsp3) is 0.933. The maximum absolute atomic E-state index is 11.4. The highest BCUT2D eigenvalue weighted by atomic mass is 16.5. The van der Waals surface area contributed by atoms with Crippen LogP contribution in [0.1, 0.15) is 46.0 Å². The molecule has 110 valence electrons. The molecule has 0 spiro atoms. The smallest absolute Gasteiger partial charge is 0.305 e. The van der Waals surface area contributed by atoms with Gasteiger partial charge < -0.3 is 9.84 Å². The van der Waals surface area contributed by atoms with E-state index in [2.05, 4.69) is 18.7 Å². The molecular formula is C15H27NO3. The SMILES string of the molecule is CC(C)C1CCCCC1(CC(=O)O)N1CCOCC1. The number of ether oxygens (including phenoxy) is 1. The van der Waals surface area contributed by atoms with Gasteiger partial charge in [0.15, 0.2) is 0 Å². The van der Waals surface area contributed by atoms with Gasteiger partial charge in [-0.1, -0.05) is 26.7 Å². The second kappa shape index (κ2) is 6.23. The predicted octanol–water partition coefficient (Wildman–Crippen LogP) is 2.38. The molecule has 1 saturated carbocycles. The maximum Gasteiger partial charge on any atom is 0.305 e. The maximum atomic E-state index is 11.4. The molecule has 0 aromatic heterocycles. The Balaban J connectivity index is 2.26. The number of carboxylic acids is 1. The Kier molecular flexibility index (Phi) is 4.85. The minimum absolute atomic E-state index is 0.137. The van der Waals surface area contributed by atoms with E-state index in [0.29, 0.717) is 11.8 Å². The monoisotopic (exact) mass is 269 g/mol. The molecule has 19 heavy (non-hydrogen) atoms. The highest BCUT2D eigenvalue weighted by molar-refractivity contribution is 5.68. The number of carboxylic acid groups (broad SMARTS) is 1. The van der Waals surface area contributed by atoms with Crippen LogP contribution in [0.5, 0.6) is 0 Å². The van der Waals surface area contributed by atoms with Crippen LogP contribution < -0.4 is 0 Å². The Morgan fingerprint density at radius 2 is 2.05 bits per heavy atom. The molecule has 0 aromatic carbocycles. The van der Waals surface area contributed by atoms with E-state index in [1.165, 1.54) is 12.8 Å². The van der Waals surface area contributed by atoms with Crippen molar-refractivity contribution in [3.63, 3.8) is 0 Å². The molecule has 1 heterocycles. The van der Waals surface area contributed by atoms with Gasteiger partial charge >= 0.3 is 5.97 Å². The van der Waals surface area contributed by atoms with Gasteiger partial charge in [0.25, 0.3) is 0 Å². The molecular weight excluding hydrogens is 242 g/mol. The van der Waals surface area contributed by atoms with Crippen molar-refractivity contribution in [1.29, 1.82) is 0 Å². The van der Waals surface area contributed by atoms with Crippen LogP contribution in [0.15, 0.2) is 0 Å². The third-order valence-electron chi connectivity index (χ3n) is 4.97. The third-order valence-corrected chi connectivity index (χ3v) is 4.97. The van der Waals surface area contributed by atoms with E-state index in [9.17, 15) is 9.90 Å². The van der Waals surface area contributed by atoms with Gasteiger partial charge in [0.1, 0.15) is 0 Å². The fourth-order valence-corrected chi connectivity index (χ4v) is 4.20. The number of aliphatic carboxylic acids is 1. The summed E-state index contributed by atoms with van der Waals surface area (Å²) in [5.74, 6) is 0.386. The Morgan fingerprint density at radius 1 is 1.37 bits per heavy atom. The Bertz CT molecular complexity index is 313. The summed E-state index contributed by atoms with van der Waals surface area (Å²) in [6, 6.07) is 0. The molecule has 2 atom stereocenters. The molecule has 4 heteroatoms. The van der Waals surface area contributed by atoms with Crippen molar-refractivity contribution in [2.24, 2.45) is 11.8 Å². The molecule has 1 aliphatic carbocycles. The number of hydrogen-bond donors (Lipinski definition) is 1. The number of hydrogen-bond acceptors (Lipinski definition) is 3. The van der Waals surface area contributed by atoms with Crippen molar-refractivity contribution in [3.8, 4) is 0 Å². The quantitative estimate of drug-likeness (QED) is 0.851. The van der Waals surface area contributed by atoms with Crippen molar-refractivity contribution >= 4 is 5.97 Å². The van der Waals surface area contributed by atoms with Gasteiger partial charge in [-0.05, 0) is 24.7 Å². The van der Waals surface area contributed by atoms with Crippen molar-refractivity contribution in [1.82, 2.24) is 4.90 Å². The van der Waals surface area contributed by atoms with Crippen LogP contribution in [0.2, 0.25) is 0 Å². The van der Waals surface area contributed by atoms with Crippen LogP contribution in [0.25, 0.3) is 0 Å². The summed E-state index contributed by atoms with van der Waals surface area (Å²) >= 11 is 0. The lowest BCUT2D eigenvalue weighted by Gasteiger charge is -2.53. The first-order valence-corrected chi connectivity index (χ1v) is 7.61. The van der Waals surface area contributed by atoms with Gasteiger partial charge in [-0.3, -0.25) is 9.69 Å². The topological polar surface area (TPSA) is 49.8 Å². The van der Waals surface area contributed by atoms with E-state index in [4.69, 9.17) is 4.74 Å². The molecule has 2 rings (SSSR count). The number of nitrogens with zero attached hydrogens (tertiary/aromatic N) is 1. The minimum Gasteiger partial charge on any atom is -0.481 e. The van der Waals surface area contributed by atoms with Crippen LogP contribution in [0, 0.1) is 11.8 Å². The van der Waals surface area contributed by atoms with Crippen molar-refractivity contribution in [2.75, 3.05) is 26.3 Å². The Labute approximate surface area is 116 Å². The fourth-order valence-electron chi connectivity index (χ4n) is 4.20. The summed E-state index contributed by atoms with van der Waals surface area (Å²) in [6.45, 7) is 7.74. The number of morpholine rings is 1. The van der Waals surface area contributed by atoms with Crippen LogP contribution >= 0.6 is 0 Å². The summed E-state index contributed by atoms with van der Waals surface area (Å²) in [5, 5.41) is 9.40. The first-order valence-electron chi connectivity index (χ1n) is 7.61. The molecule has 2 fully saturated rings. The van der Waals surface area contributed by atoms with E-state index in [0.717, 1.165) is 39.1 Å². The summed E-state index contributed by atoms with van der Waals surface area (Å²) < 4.78 is 5.45. The van der Waals surface area contributed by atoms with Crippen molar-refractivity contribution in [3.05, 3.63) is 0 Å². The van der Waals surface area contributed by atoms with Crippen molar-refractivity contribution in [2.45, 2.75) is 51.5 Å². The second-order valence-corrected chi connectivity index (χ2v) is 6.37. The lowest BCUT2D eigenvalue weighted by molar-refractivity contribution is -0.146. The standard InChI is InChI=1S/C15H27NO3/c1-12(2)13-5-3-4-6-15(13,11-14(17)18)16-7-9-19-10-8-16/h12-13H,3-11H2,1-2H3,(H,17,18). The van der Waals surface area contributed by atoms with Gasteiger partial charge in [-0.25, -0.2) is 0 Å².